The summed E-state index contributed by atoms with van der Waals surface area (Å²) in [6.45, 7) is 3.31. The Morgan fingerprint density at radius 3 is 2.47 bits per heavy atom. The van der Waals surface area contributed by atoms with Gasteiger partial charge in [-0.05, 0) is 61.7 Å². The standard InChI is InChI=1S/C30H31N5O2S/c1-22-7-12-27(30(37)33-25-8-10-26(11-9-25)35-18-15-31-21-35)29(32-22)24-13-16-34(17-14-24)28(36)20-38-19-23-5-3-2-4-6-23/h2-12,15,18,21,24H,13-14,16-17,19-20H2,1H3,(H,33,37). The molecule has 3 heterocycles. The van der Waals surface area contributed by atoms with Crippen LogP contribution in [0.5, 0.6) is 0 Å². The molecule has 1 saturated heterocycles. The van der Waals surface area contributed by atoms with Gasteiger partial charge in [0.2, 0.25) is 5.91 Å². The molecule has 1 aliphatic rings. The maximum Gasteiger partial charge on any atom is 0.257 e. The summed E-state index contributed by atoms with van der Waals surface area (Å²) in [5.41, 5.74) is 5.23. The number of carbonyl (C=O) groups excluding carboxylic acids is 2. The summed E-state index contributed by atoms with van der Waals surface area (Å²) < 4.78 is 1.91. The first-order valence-electron chi connectivity index (χ1n) is 12.8. The van der Waals surface area contributed by atoms with Crippen molar-refractivity contribution in [2.24, 2.45) is 0 Å². The molecule has 5 rings (SSSR count). The molecule has 0 atom stereocenters. The smallest absolute Gasteiger partial charge is 0.257 e. The molecular formula is C30H31N5O2S. The zero-order valence-corrected chi connectivity index (χ0v) is 22.2. The molecule has 4 aromatic rings. The number of nitrogens with zero attached hydrogens (tertiary/aromatic N) is 4. The molecule has 8 heteroatoms. The van der Waals surface area contributed by atoms with Crippen LogP contribution < -0.4 is 5.32 Å². The highest BCUT2D eigenvalue weighted by Crippen LogP contribution is 2.30. The van der Waals surface area contributed by atoms with Gasteiger partial charge in [-0.1, -0.05) is 30.3 Å². The molecule has 38 heavy (non-hydrogen) atoms. The second-order valence-electron chi connectivity index (χ2n) is 9.49. The molecule has 1 N–H and O–H groups in total. The zero-order valence-electron chi connectivity index (χ0n) is 21.4. The molecule has 2 aromatic heterocycles. The van der Waals surface area contributed by atoms with E-state index >= 15 is 0 Å². The van der Waals surface area contributed by atoms with Gasteiger partial charge in [-0.15, -0.1) is 11.8 Å². The Morgan fingerprint density at radius 2 is 1.76 bits per heavy atom. The van der Waals surface area contributed by atoms with Crippen LogP contribution in [0, 0.1) is 6.92 Å². The number of anilines is 1. The van der Waals surface area contributed by atoms with E-state index in [0.29, 0.717) is 24.4 Å². The van der Waals surface area contributed by atoms with Gasteiger partial charge in [0.1, 0.15) is 0 Å². The molecule has 7 nitrogen and oxygen atoms in total. The van der Waals surface area contributed by atoms with E-state index in [0.717, 1.165) is 41.4 Å². The number of rotatable bonds is 8. The summed E-state index contributed by atoms with van der Waals surface area (Å²) in [6.07, 6.45) is 6.93. The average molecular weight is 526 g/mol. The van der Waals surface area contributed by atoms with Crippen LogP contribution in [-0.2, 0) is 10.5 Å². The van der Waals surface area contributed by atoms with Gasteiger partial charge in [-0.25, -0.2) is 4.98 Å². The Kier molecular flexibility index (Phi) is 8.19. The summed E-state index contributed by atoms with van der Waals surface area (Å²) in [6, 6.07) is 21.6. The van der Waals surface area contributed by atoms with Crippen LogP contribution in [0.25, 0.3) is 5.69 Å². The topological polar surface area (TPSA) is 80.1 Å². The maximum atomic E-state index is 13.3. The van der Waals surface area contributed by atoms with Crippen molar-refractivity contribution in [2.75, 3.05) is 24.2 Å². The number of carbonyl (C=O) groups is 2. The largest absolute Gasteiger partial charge is 0.342 e. The van der Waals surface area contributed by atoms with Crippen molar-refractivity contribution >= 4 is 29.3 Å². The molecule has 2 amide bonds. The molecule has 0 bridgehead atoms. The van der Waals surface area contributed by atoms with Gasteiger partial charge >= 0.3 is 0 Å². The minimum absolute atomic E-state index is 0.139. The molecule has 2 aromatic carbocycles. The highest BCUT2D eigenvalue weighted by Gasteiger charge is 2.28. The number of hydrogen-bond acceptors (Lipinski definition) is 5. The van der Waals surface area contributed by atoms with E-state index in [2.05, 4.69) is 22.4 Å². The number of aromatic nitrogens is 3. The highest BCUT2D eigenvalue weighted by molar-refractivity contribution is 7.99. The molecule has 0 unspecified atom stereocenters. The predicted octanol–water partition coefficient (Wildman–Crippen LogP) is 5.47. The van der Waals surface area contributed by atoms with Crippen LogP contribution in [0.4, 0.5) is 5.69 Å². The number of thioether (sulfide) groups is 1. The number of benzene rings is 2. The van der Waals surface area contributed by atoms with E-state index < -0.39 is 0 Å². The lowest BCUT2D eigenvalue weighted by Crippen LogP contribution is -2.39. The first-order chi connectivity index (χ1) is 18.6. The molecule has 1 fully saturated rings. The first kappa shape index (κ1) is 25.7. The fourth-order valence-electron chi connectivity index (χ4n) is 4.73. The molecule has 0 spiro atoms. The van der Waals surface area contributed by atoms with Gasteiger partial charge in [0.15, 0.2) is 0 Å². The second kappa shape index (κ2) is 12.1. The lowest BCUT2D eigenvalue weighted by atomic mass is 9.89. The van der Waals surface area contributed by atoms with Gasteiger partial charge in [-0.3, -0.25) is 14.6 Å². The van der Waals surface area contributed by atoms with Gasteiger partial charge in [-0.2, -0.15) is 0 Å². The maximum absolute atomic E-state index is 13.3. The normalized spacial score (nSPS) is 13.9. The number of hydrogen-bond donors (Lipinski definition) is 1. The van der Waals surface area contributed by atoms with Gasteiger partial charge < -0.3 is 14.8 Å². The molecule has 0 radical (unpaired) electrons. The zero-order chi connectivity index (χ0) is 26.3. The third-order valence-corrected chi connectivity index (χ3v) is 7.80. The first-order valence-corrected chi connectivity index (χ1v) is 14.0. The summed E-state index contributed by atoms with van der Waals surface area (Å²) >= 11 is 1.65. The van der Waals surface area contributed by atoms with E-state index in [1.54, 1.807) is 24.3 Å². The minimum atomic E-state index is -0.168. The second-order valence-corrected chi connectivity index (χ2v) is 10.5. The van der Waals surface area contributed by atoms with E-state index in [1.807, 2.05) is 77.2 Å². The summed E-state index contributed by atoms with van der Waals surface area (Å²) in [5, 5.41) is 3.02. The quantitative estimate of drug-likeness (QED) is 0.330. The number of likely N-dealkylation sites (tertiary alicyclic amines) is 1. The van der Waals surface area contributed by atoms with Crippen LogP contribution in [0.15, 0.2) is 85.5 Å². The number of aryl methyl sites for hydroxylation is 1. The highest BCUT2D eigenvalue weighted by atomic mass is 32.2. The third-order valence-electron chi connectivity index (χ3n) is 6.81. The average Bonchev–Trinajstić information content (AvgIpc) is 3.49. The van der Waals surface area contributed by atoms with E-state index in [9.17, 15) is 9.59 Å². The van der Waals surface area contributed by atoms with Crippen molar-refractivity contribution in [1.29, 1.82) is 0 Å². The lowest BCUT2D eigenvalue weighted by molar-refractivity contribution is -0.129. The summed E-state index contributed by atoms with van der Waals surface area (Å²) in [4.78, 5) is 36.9. The summed E-state index contributed by atoms with van der Waals surface area (Å²) in [7, 11) is 0. The Balaban J connectivity index is 1.18. The molecule has 1 aliphatic heterocycles. The molecule has 194 valence electrons. The van der Waals surface area contributed by atoms with Gasteiger partial charge in [0, 0.05) is 54.2 Å². The fourth-order valence-corrected chi connectivity index (χ4v) is 5.62. The Labute approximate surface area is 227 Å². The van der Waals surface area contributed by atoms with E-state index in [4.69, 9.17) is 4.98 Å². The van der Waals surface area contributed by atoms with Gasteiger partial charge in [0.05, 0.1) is 23.3 Å². The van der Waals surface area contributed by atoms with Crippen LogP contribution >= 0.6 is 11.8 Å². The summed E-state index contributed by atoms with van der Waals surface area (Å²) in [5.74, 6) is 1.47. The van der Waals surface area contributed by atoms with Gasteiger partial charge in [0.25, 0.3) is 5.91 Å². The minimum Gasteiger partial charge on any atom is -0.342 e. The number of imidazole rings is 1. The van der Waals surface area contributed by atoms with Crippen LogP contribution in [0.2, 0.25) is 0 Å². The molecular weight excluding hydrogens is 494 g/mol. The van der Waals surface area contributed by atoms with Crippen LogP contribution in [-0.4, -0.2) is 50.1 Å². The monoisotopic (exact) mass is 525 g/mol. The Morgan fingerprint density at radius 1 is 1.00 bits per heavy atom. The number of amides is 2. The fraction of sp³-hybridized carbons (Fsp3) is 0.267. The molecule has 0 aliphatic carbocycles. The molecule has 0 saturated carbocycles. The van der Waals surface area contributed by atoms with Crippen LogP contribution in [0.3, 0.4) is 0 Å². The number of nitrogens with one attached hydrogen (secondary N) is 1. The van der Waals surface area contributed by atoms with Crippen molar-refractivity contribution in [3.05, 3.63) is 108 Å². The Bertz CT molecular complexity index is 1370. The number of piperidine rings is 1. The van der Waals surface area contributed by atoms with E-state index in [-0.39, 0.29) is 17.7 Å². The predicted molar refractivity (Wildman–Crippen MR) is 152 cm³/mol. The van der Waals surface area contributed by atoms with Crippen molar-refractivity contribution in [3.63, 3.8) is 0 Å². The van der Waals surface area contributed by atoms with Crippen molar-refractivity contribution in [1.82, 2.24) is 19.4 Å². The SMILES string of the molecule is Cc1ccc(C(=O)Nc2ccc(-n3ccnc3)cc2)c(C2CCN(C(=O)CSCc3ccccc3)CC2)n1. The van der Waals surface area contributed by atoms with Crippen molar-refractivity contribution in [2.45, 2.75) is 31.4 Å². The lowest BCUT2D eigenvalue weighted by Gasteiger charge is -2.32. The third kappa shape index (κ3) is 6.31. The van der Waals surface area contributed by atoms with Crippen LogP contribution in [0.1, 0.15) is 46.1 Å². The van der Waals surface area contributed by atoms with E-state index in [1.165, 1.54) is 5.56 Å². The number of pyridine rings is 1. The Hall–Kier alpha value is -3.91. The van der Waals surface area contributed by atoms with Crippen molar-refractivity contribution in [3.8, 4) is 5.69 Å². The van der Waals surface area contributed by atoms with Crippen molar-refractivity contribution < 1.29 is 9.59 Å².